The van der Waals surface area contributed by atoms with Crippen molar-refractivity contribution in [3.63, 3.8) is 0 Å². The standard InChI is InChI=1S/C14H11O2/c1-16-13-10-6-5-9-12(13)14(15)11-7-3-2-4-8-11/h3-10H,1H3. The molecule has 0 spiro atoms. The molecular formula is C14H11O2. The molecule has 0 N–H and O–H groups in total. The lowest BCUT2D eigenvalue weighted by Crippen LogP contribution is -2.03. The lowest BCUT2D eigenvalue weighted by Gasteiger charge is -2.06. The van der Waals surface area contributed by atoms with Gasteiger partial charge in [-0.05, 0) is 18.2 Å². The number of para-hydroxylation sites is 1. The average Bonchev–Trinajstić information content (AvgIpc) is 2.39. The Morgan fingerprint density at radius 1 is 1.12 bits per heavy atom. The van der Waals surface area contributed by atoms with Crippen LogP contribution >= 0.6 is 0 Å². The van der Waals surface area contributed by atoms with Gasteiger partial charge in [0, 0.05) is 5.56 Å². The van der Waals surface area contributed by atoms with Crippen molar-refractivity contribution >= 4 is 5.78 Å². The number of hydrogen-bond donors (Lipinski definition) is 0. The van der Waals surface area contributed by atoms with E-state index in [2.05, 4.69) is 6.07 Å². The van der Waals surface area contributed by atoms with Gasteiger partial charge in [-0.2, -0.15) is 0 Å². The number of hydrogen-bond acceptors (Lipinski definition) is 2. The van der Waals surface area contributed by atoms with Crippen molar-refractivity contribution in [1.82, 2.24) is 0 Å². The van der Waals surface area contributed by atoms with Crippen molar-refractivity contribution < 1.29 is 9.53 Å². The zero-order valence-corrected chi connectivity index (χ0v) is 8.94. The maximum Gasteiger partial charge on any atom is 0.196 e. The van der Waals surface area contributed by atoms with E-state index in [0.29, 0.717) is 16.9 Å². The summed E-state index contributed by atoms with van der Waals surface area (Å²) in [5.41, 5.74) is 1.22. The van der Waals surface area contributed by atoms with Gasteiger partial charge >= 0.3 is 0 Å². The molecule has 0 bridgehead atoms. The second kappa shape index (κ2) is 4.62. The quantitative estimate of drug-likeness (QED) is 0.730. The van der Waals surface area contributed by atoms with Crippen molar-refractivity contribution in [1.29, 1.82) is 0 Å². The molecule has 2 aromatic rings. The molecule has 2 nitrogen and oxygen atoms in total. The fraction of sp³-hybridized carbons (Fsp3) is 0.0714. The van der Waals surface area contributed by atoms with Crippen LogP contribution in [0.25, 0.3) is 0 Å². The summed E-state index contributed by atoms with van der Waals surface area (Å²) in [6.07, 6.45) is 0. The van der Waals surface area contributed by atoms with E-state index in [1.165, 1.54) is 0 Å². The Morgan fingerprint density at radius 2 is 1.81 bits per heavy atom. The van der Waals surface area contributed by atoms with Crippen LogP contribution in [0.1, 0.15) is 15.9 Å². The molecule has 0 saturated carbocycles. The van der Waals surface area contributed by atoms with Crippen LogP contribution in [0.5, 0.6) is 5.75 Å². The van der Waals surface area contributed by atoms with Crippen molar-refractivity contribution in [3.05, 3.63) is 65.7 Å². The molecule has 0 heterocycles. The van der Waals surface area contributed by atoms with Gasteiger partial charge < -0.3 is 4.74 Å². The van der Waals surface area contributed by atoms with Gasteiger partial charge in [-0.3, -0.25) is 4.79 Å². The summed E-state index contributed by atoms with van der Waals surface area (Å²) < 4.78 is 5.16. The number of ether oxygens (including phenoxy) is 1. The molecule has 0 aliphatic heterocycles. The third kappa shape index (κ3) is 1.96. The Hall–Kier alpha value is -2.09. The summed E-state index contributed by atoms with van der Waals surface area (Å²) in [7, 11) is 1.56. The highest BCUT2D eigenvalue weighted by Gasteiger charge is 2.12. The lowest BCUT2D eigenvalue weighted by atomic mass is 10.0. The van der Waals surface area contributed by atoms with Crippen molar-refractivity contribution in [2.24, 2.45) is 0 Å². The highest BCUT2D eigenvalue weighted by molar-refractivity contribution is 6.10. The molecule has 0 fully saturated rings. The number of methoxy groups -OCH3 is 1. The normalized spacial score (nSPS) is 9.81. The molecule has 0 aromatic heterocycles. The van der Waals surface area contributed by atoms with E-state index in [4.69, 9.17) is 4.74 Å². The van der Waals surface area contributed by atoms with Crippen LogP contribution in [0.2, 0.25) is 0 Å². The second-order valence-corrected chi connectivity index (χ2v) is 3.32. The number of ketones is 1. The van der Waals surface area contributed by atoms with Gasteiger partial charge in [0.25, 0.3) is 0 Å². The van der Waals surface area contributed by atoms with Crippen LogP contribution in [0.15, 0.2) is 48.5 Å². The first-order chi connectivity index (χ1) is 7.83. The number of carbonyl (C=O) groups is 1. The molecular weight excluding hydrogens is 200 g/mol. The molecule has 1 radical (unpaired) electrons. The molecule has 0 saturated heterocycles. The van der Waals surface area contributed by atoms with E-state index in [1.54, 1.807) is 43.5 Å². The SMILES string of the molecule is COc1ccccc1C(=O)c1cc[c]cc1. The molecule has 0 atom stereocenters. The summed E-state index contributed by atoms with van der Waals surface area (Å²) in [4.78, 5) is 12.1. The van der Waals surface area contributed by atoms with E-state index in [1.807, 2.05) is 12.1 Å². The number of benzene rings is 2. The molecule has 0 aliphatic rings. The van der Waals surface area contributed by atoms with E-state index in [-0.39, 0.29) is 5.78 Å². The van der Waals surface area contributed by atoms with E-state index in [0.717, 1.165) is 0 Å². The summed E-state index contributed by atoms with van der Waals surface area (Å²) >= 11 is 0. The minimum absolute atomic E-state index is 0.0357. The molecule has 0 unspecified atom stereocenters. The van der Waals surface area contributed by atoms with Crippen LogP contribution in [-0.2, 0) is 0 Å². The first-order valence-corrected chi connectivity index (χ1v) is 4.97. The Kier molecular flexibility index (Phi) is 3.01. The van der Waals surface area contributed by atoms with Crippen LogP contribution in [-0.4, -0.2) is 12.9 Å². The minimum Gasteiger partial charge on any atom is -0.496 e. The van der Waals surface area contributed by atoms with E-state index >= 15 is 0 Å². The van der Waals surface area contributed by atoms with Gasteiger partial charge in [0.15, 0.2) is 5.78 Å². The Morgan fingerprint density at radius 3 is 2.50 bits per heavy atom. The molecule has 2 heteroatoms. The van der Waals surface area contributed by atoms with Gasteiger partial charge in [-0.15, -0.1) is 0 Å². The predicted octanol–water partition coefficient (Wildman–Crippen LogP) is 2.73. The van der Waals surface area contributed by atoms with Gasteiger partial charge in [-0.25, -0.2) is 0 Å². The third-order valence-corrected chi connectivity index (χ3v) is 2.33. The van der Waals surface area contributed by atoms with Gasteiger partial charge in [0.05, 0.1) is 12.7 Å². The Balaban J connectivity index is 2.42. The topological polar surface area (TPSA) is 26.3 Å². The monoisotopic (exact) mass is 211 g/mol. The number of carbonyl (C=O) groups excluding carboxylic acids is 1. The third-order valence-electron chi connectivity index (χ3n) is 2.33. The van der Waals surface area contributed by atoms with Crippen LogP contribution in [0, 0.1) is 6.07 Å². The fourth-order valence-electron chi connectivity index (χ4n) is 1.53. The Labute approximate surface area is 94.5 Å². The van der Waals surface area contributed by atoms with E-state index in [9.17, 15) is 4.79 Å². The summed E-state index contributed by atoms with van der Waals surface area (Å²) in [6, 6.07) is 17.0. The Bertz CT molecular complexity index is 489. The smallest absolute Gasteiger partial charge is 0.196 e. The predicted molar refractivity (Wildman–Crippen MR) is 61.7 cm³/mol. The largest absolute Gasteiger partial charge is 0.496 e. The molecule has 2 aromatic carbocycles. The molecule has 79 valence electrons. The summed E-state index contributed by atoms with van der Waals surface area (Å²) in [6.45, 7) is 0. The van der Waals surface area contributed by atoms with Crippen molar-refractivity contribution in [2.45, 2.75) is 0 Å². The zero-order chi connectivity index (χ0) is 11.4. The average molecular weight is 211 g/mol. The lowest BCUT2D eigenvalue weighted by molar-refractivity contribution is 0.103. The molecule has 16 heavy (non-hydrogen) atoms. The molecule has 0 amide bonds. The molecule has 0 aliphatic carbocycles. The fourth-order valence-corrected chi connectivity index (χ4v) is 1.53. The molecule has 2 rings (SSSR count). The summed E-state index contributed by atoms with van der Waals surface area (Å²) in [5, 5.41) is 0. The van der Waals surface area contributed by atoms with E-state index < -0.39 is 0 Å². The highest BCUT2D eigenvalue weighted by Crippen LogP contribution is 2.20. The maximum absolute atomic E-state index is 12.1. The minimum atomic E-state index is -0.0357. The van der Waals surface area contributed by atoms with Crippen LogP contribution < -0.4 is 4.74 Å². The van der Waals surface area contributed by atoms with Crippen molar-refractivity contribution in [3.8, 4) is 5.75 Å². The van der Waals surface area contributed by atoms with Crippen LogP contribution in [0.4, 0.5) is 0 Å². The second-order valence-electron chi connectivity index (χ2n) is 3.32. The first kappa shape index (κ1) is 10.4. The maximum atomic E-state index is 12.1. The van der Waals surface area contributed by atoms with Crippen molar-refractivity contribution in [2.75, 3.05) is 7.11 Å². The van der Waals surface area contributed by atoms with Gasteiger partial charge in [-0.1, -0.05) is 36.4 Å². The van der Waals surface area contributed by atoms with Gasteiger partial charge in [0.2, 0.25) is 0 Å². The van der Waals surface area contributed by atoms with Gasteiger partial charge in [0.1, 0.15) is 5.75 Å². The first-order valence-electron chi connectivity index (χ1n) is 4.97. The van der Waals surface area contributed by atoms with Crippen LogP contribution in [0.3, 0.4) is 0 Å². The highest BCUT2D eigenvalue weighted by atomic mass is 16.5. The number of rotatable bonds is 3. The summed E-state index contributed by atoms with van der Waals surface area (Å²) in [5.74, 6) is 0.562. The zero-order valence-electron chi connectivity index (χ0n) is 8.94.